The zero-order chi connectivity index (χ0) is 25.6. The Balaban J connectivity index is 1.27. The molecular formula is C26H43BrN6O3. The lowest BCUT2D eigenvalue weighted by atomic mass is 9.80. The summed E-state index contributed by atoms with van der Waals surface area (Å²) in [6, 6.07) is 0. The molecule has 1 aromatic rings. The topological polar surface area (TPSA) is 99.7 Å². The largest absolute Gasteiger partial charge is 0.448 e. The maximum atomic E-state index is 13.2. The number of carbonyl (C=O) groups excluding carboxylic acids is 2. The van der Waals surface area contributed by atoms with E-state index in [4.69, 9.17) is 4.74 Å². The predicted molar refractivity (Wildman–Crippen MR) is 143 cm³/mol. The first-order chi connectivity index (χ1) is 17.5. The highest BCUT2D eigenvalue weighted by molar-refractivity contribution is 9.10. The van der Waals surface area contributed by atoms with E-state index >= 15 is 0 Å². The van der Waals surface area contributed by atoms with Gasteiger partial charge in [-0.15, -0.1) is 0 Å². The summed E-state index contributed by atoms with van der Waals surface area (Å²) in [4.78, 5) is 37.8. The van der Waals surface area contributed by atoms with Crippen molar-refractivity contribution in [3.63, 3.8) is 0 Å². The van der Waals surface area contributed by atoms with Crippen molar-refractivity contribution in [3.8, 4) is 0 Å². The Morgan fingerprint density at radius 3 is 2.61 bits per heavy atom. The molecule has 1 saturated heterocycles. The van der Waals surface area contributed by atoms with Crippen molar-refractivity contribution in [3.05, 3.63) is 22.7 Å². The first-order valence-corrected chi connectivity index (χ1v) is 14.4. The van der Waals surface area contributed by atoms with Gasteiger partial charge in [-0.1, -0.05) is 13.3 Å². The van der Waals surface area contributed by atoms with E-state index in [0.717, 1.165) is 101 Å². The molecule has 0 bridgehead atoms. The zero-order valence-electron chi connectivity index (χ0n) is 21.7. The van der Waals surface area contributed by atoms with E-state index in [2.05, 4.69) is 53.3 Å². The minimum Gasteiger partial charge on any atom is -0.448 e. The van der Waals surface area contributed by atoms with E-state index in [0.29, 0.717) is 31.5 Å². The van der Waals surface area contributed by atoms with Gasteiger partial charge < -0.3 is 20.3 Å². The molecule has 2 fully saturated rings. The lowest BCUT2D eigenvalue weighted by Crippen LogP contribution is -2.40. The molecule has 1 aliphatic heterocycles. The Kier molecular flexibility index (Phi) is 12.9. The van der Waals surface area contributed by atoms with Crippen molar-refractivity contribution >= 4 is 27.9 Å². The van der Waals surface area contributed by atoms with Crippen LogP contribution in [0.5, 0.6) is 0 Å². The van der Waals surface area contributed by atoms with Gasteiger partial charge in [0, 0.05) is 57.6 Å². The number of ether oxygens (including phenoxy) is 1. The van der Waals surface area contributed by atoms with Crippen LogP contribution in [0.1, 0.15) is 64.1 Å². The van der Waals surface area contributed by atoms with Crippen molar-refractivity contribution in [2.75, 3.05) is 52.4 Å². The Labute approximate surface area is 224 Å². The quantitative estimate of drug-likeness (QED) is 0.373. The molecule has 2 aliphatic rings. The van der Waals surface area contributed by atoms with Gasteiger partial charge in [0.1, 0.15) is 12.4 Å². The van der Waals surface area contributed by atoms with Crippen LogP contribution >= 0.6 is 15.9 Å². The maximum absolute atomic E-state index is 13.2. The third kappa shape index (κ3) is 10.3. The van der Waals surface area contributed by atoms with Gasteiger partial charge in [0.05, 0.1) is 11.0 Å². The van der Waals surface area contributed by atoms with Crippen molar-refractivity contribution in [1.82, 2.24) is 30.4 Å². The number of aromatic nitrogens is 2. The summed E-state index contributed by atoms with van der Waals surface area (Å²) < 4.78 is 6.18. The van der Waals surface area contributed by atoms with Gasteiger partial charge in [-0.2, -0.15) is 0 Å². The Bertz CT molecular complexity index is 788. The lowest BCUT2D eigenvalue weighted by Gasteiger charge is -2.32. The number of nitrogens with one attached hydrogen (secondary N) is 2. The molecule has 0 atom stereocenters. The average Bonchev–Trinajstić information content (AvgIpc) is 3.13. The van der Waals surface area contributed by atoms with Crippen LogP contribution in [-0.4, -0.2) is 84.2 Å². The number of amides is 2. The number of rotatable bonds is 12. The van der Waals surface area contributed by atoms with Gasteiger partial charge in [-0.05, 0) is 73.3 Å². The van der Waals surface area contributed by atoms with E-state index in [9.17, 15) is 9.59 Å². The van der Waals surface area contributed by atoms with Crippen molar-refractivity contribution < 1.29 is 14.3 Å². The third-order valence-electron chi connectivity index (χ3n) is 7.22. The molecule has 0 aromatic carbocycles. The fraction of sp³-hybridized carbons (Fsp3) is 0.769. The SMILES string of the molecule is CCCCNC(=O)OCCN1CCCN(C(=O)C2CCC(CCNCc3ncc(Br)cn3)CC2)CC1. The standard InChI is InChI=1S/C26H43BrN6O3/c1-2-3-10-29-26(35)36-17-16-32-12-4-13-33(15-14-32)25(34)22-7-5-21(6-8-22)9-11-28-20-24-30-18-23(27)19-31-24/h18-19,21-22,28H,2-17,20H2,1H3,(H,29,35). The number of hydrogen-bond donors (Lipinski definition) is 2. The molecular weight excluding hydrogens is 524 g/mol. The first-order valence-electron chi connectivity index (χ1n) is 13.6. The lowest BCUT2D eigenvalue weighted by molar-refractivity contribution is -0.136. The summed E-state index contributed by atoms with van der Waals surface area (Å²) in [5, 5.41) is 6.22. The smallest absolute Gasteiger partial charge is 0.407 e. The van der Waals surface area contributed by atoms with Gasteiger partial charge in [0.2, 0.25) is 5.91 Å². The zero-order valence-corrected chi connectivity index (χ0v) is 23.3. The highest BCUT2D eigenvalue weighted by Gasteiger charge is 2.30. The van der Waals surface area contributed by atoms with Crippen molar-refractivity contribution in [2.24, 2.45) is 11.8 Å². The van der Waals surface area contributed by atoms with Gasteiger partial charge >= 0.3 is 6.09 Å². The molecule has 2 amide bonds. The highest BCUT2D eigenvalue weighted by Crippen LogP contribution is 2.32. The third-order valence-corrected chi connectivity index (χ3v) is 7.63. The van der Waals surface area contributed by atoms with E-state index in [-0.39, 0.29) is 12.0 Å². The molecule has 1 aliphatic carbocycles. The van der Waals surface area contributed by atoms with Crippen LogP contribution < -0.4 is 10.6 Å². The Morgan fingerprint density at radius 2 is 1.86 bits per heavy atom. The van der Waals surface area contributed by atoms with Gasteiger partial charge in [-0.3, -0.25) is 9.69 Å². The predicted octanol–water partition coefficient (Wildman–Crippen LogP) is 3.59. The fourth-order valence-electron chi connectivity index (χ4n) is 4.99. The molecule has 0 radical (unpaired) electrons. The summed E-state index contributed by atoms with van der Waals surface area (Å²) in [6.45, 7) is 8.88. The molecule has 3 rings (SSSR count). The van der Waals surface area contributed by atoms with E-state index < -0.39 is 0 Å². The van der Waals surface area contributed by atoms with Crippen LogP contribution in [-0.2, 0) is 16.1 Å². The average molecular weight is 568 g/mol. The van der Waals surface area contributed by atoms with Crippen LogP contribution in [0.4, 0.5) is 4.79 Å². The van der Waals surface area contributed by atoms with E-state index in [1.807, 2.05) is 0 Å². The second-order valence-electron chi connectivity index (χ2n) is 9.94. The molecule has 1 saturated carbocycles. The van der Waals surface area contributed by atoms with Gasteiger partial charge in [0.15, 0.2) is 0 Å². The number of hydrogen-bond acceptors (Lipinski definition) is 7. The summed E-state index contributed by atoms with van der Waals surface area (Å²) in [7, 11) is 0. The highest BCUT2D eigenvalue weighted by atomic mass is 79.9. The summed E-state index contributed by atoms with van der Waals surface area (Å²) in [5.74, 6) is 2.01. The van der Waals surface area contributed by atoms with Crippen LogP contribution in [0.15, 0.2) is 16.9 Å². The summed E-state index contributed by atoms with van der Waals surface area (Å²) in [5.41, 5.74) is 0. The molecule has 36 heavy (non-hydrogen) atoms. The normalized spacial score (nSPS) is 21.1. The number of alkyl carbamates (subject to hydrolysis) is 1. The minimum absolute atomic E-state index is 0.173. The number of nitrogens with zero attached hydrogens (tertiary/aromatic N) is 4. The van der Waals surface area contributed by atoms with Crippen LogP contribution in [0, 0.1) is 11.8 Å². The Morgan fingerprint density at radius 1 is 1.08 bits per heavy atom. The summed E-state index contributed by atoms with van der Waals surface area (Å²) >= 11 is 3.36. The van der Waals surface area contributed by atoms with E-state index in [1.54, 1.807) is 12.4 Å². The minimum atomic E-state index is -0.333. The maximum Gasteiger partial charge on any atom is 0.407 e. The monoisotopic (exact) mass is 566 g/mol. The first kappa shape index (κ1) is 28.8. The number of unbranched alkanes of at least 4 members (excludes halogenated alkanes) is 1. The van der Waals surface area contributed by atoms with Crippen LogP contribution in [0.3, 0.4) is 0 Å². The van der Waals surface area contributed by atoms with Crippen LogP contribution in [0.25, 0.3) is 0 Å². The second-order valence-corrected chi connectivity index (χ2v) is 10.9. The number of halogens is 1. The number of carbonyl (C=O) groups is 2. The Hall–Kier alpha value is -1.78. The van der Waals surface area contributed by atoms with Crippen molar-refractivity contribution in [1.29, 1.82) is 0 Å². The fourth-order valence-corrected chi connectivity index (χ4v) is 5.20. The summed E-state index contributed by atoms with van der Waals surface area (Å²) in [6.07, 6.45) is 11.6. The second kappa shape index (κ2) is 16.1. The molecule has 9 nitrogen and oxygen atoms in total. The molecule has 2 heterocycles. The van der Waals surface area contributed by atoms with Gasteiger partial charge in [0.25, 0.3) is 0 Å². The van der Waals surface area contributed by atoms with Crippen molar-refractivity contribution in [2.45, 2.75) is 64.8 Å². The molecule has 2 N–H and O–H groups in total. The molecule has 202 valence electrons. The molecule has 0 spiro atoms. The molecule has 10 heteroatoms. The molecule has 0 unspecified atom stereocenters. The van der Waals surface area contributed by atoms with Gasteiger partial charge in [-0.25, -0.2) is 14.8 Å². The van der Waals surface area contributed by atoms with E-state index in [1.165, 1.54) is 0 Å². The van der Waals surface area contributed by atoms with Crippen LogP contribution in [0.2, 0.25) is 0 Å². The molecule has 1 aromatic heterocycles.